The van der Waals surface area contributed by atoms with E-state index < -0.39 is 22.8 Å². The standard InChI is InChI=1S/C20H33NO7/c1-19(18(25)26,13-28-12-11-27-2)20(9-3-4-10-20)17(24)21-15-7-5-14(6-8-15)16(22)23/h14-15H,3-13H2,1-2H3,(H,21,24)(H,22,23)(H,25,26). The van der Waals surface area contributed by atoms with E-state index in [1.165, 1.54) is 0 Å². The summed E-state index contributed by atoms with van der Waals surface area (Å²) in [6.45, 7) is 2.19. The van der Waals surface area contributed by atoms with Crippen LogP contribution in [0.2, 0.25) is 0 Å². The van der Waals surface area contributed by atoms with E-state index in [4.69, 9.17) is 14.6 Å². The third-order valence-corrected chi connectivity index (χ3v) is 6.65. The van der Waals surface area contributed by atoms with E-state index in [-0.39, 0.29) is 31.1 Å². The van der Waals surface area contributed by atoms with Gasteiger partial charge in [0.1, 0.15) is 5.41 Å². The van der Waals surface area contributed by atoms with E-state index in [9.17, 15) is 19.5 Å². The molecule has 1 unspecified atom stereocenters. The monoisotopic (exact) mass is 399 g/mol. The number of carbonyl (C=O) groups is 3. The zero-order valence-electron chi connectivity index (χ0n) is 16.9. The lowest BCUT2D eigenvalue weighted by Gasteiger charge is -2.43. The van der Waals surface area contributed by atoms with Gasteiger partial charge in [0.05, 0.1) is 31.2 Å². The summed E-state index contributed by atoms with van der Waals surface area (Å²) in [5.74, 6) is -2.41. The highest BCUT2D eigenvalue weighted by molar-refractivity contribution is 5.91. The molecular formula is C20H33NO7. The van der Waals surface area contributed by atoms with Crippen LogP contribution in [-0.4, -0.2) is 61.0 Å². The topological polar surface area (TPSA) is 122 Å². The van der Waals surface area contributed by atoms with Crippen LogP contribution in [0.1, 0.15) is 58.3 Å². The first kappa shape index (κ1) is 22.6. The van der Waals surface area contributed by atoms with Crippen molar-refractivity contribution in [3.63, 3.8) is 0 Å². The molecule has 2 aliphatic rings. The maximum atomic E-state index is 13.3. The summed E-state index contributed by atoms with van der Waals surface area (Å²) in [6.07, 6.45) is 4.91. The van der Waals surface area contributed by atoms with Gasteiger partial charge in [-0.15, -0.1) is 0 Å². The van der Waals surface area contributed by atoms with Gasteiger partial charge in [0, 0.05) is 13.2 Å². The molecule has 8 nitrogen and oxygen atoms in total. The lowest BCUT2D eigenvalue weighted by atomic mass is 9.62. The van der Waals surface area contributed by atoms with Crippen LogP contribution < -0.4 is 5.32 Å². The molecule has 160 valence electrons. The van der Waals surface area contributed by atoms with Crippen molar-refractivity contribution < 1.29 is 34.1 Å². The minimum Gasteiger partial charge on any atom is -0.481 e. The maximum Gasteiger partial charge on any atom is 0.312 e. The Bertz CT molecular complexity index is 565. The summed E-state index contributed by atoms with van der Waals surface area (Å²) in [7, 11) is 1.55. The van der Waals surface area contributed by atoms with Crippen LogP contribution in [0.5, 0.6) is 0 Å². The van der Waals surface area contributed by atoms with E-state index in [2.05, 4.69) is 5.32 Å². The molecule has 0 saturated heterocycles. The minimum atomic E-state index is -1.33. The SMILES string of the molecule is COCCOCC(C)(C(=O)O)C1(C(=O)NC2CCC(C(=O)O)CC2)CCCC1. The molecule has 0 radical (unpaired) electrons. The van der Waals surface area contributed by atoms with Crippen molar-refractivity contribution >= 4 is 17.8 Å². The van der Waals surface area contributed by atoms with Gasteiger partial charge in [-0.05, 0) is 45.4 Å². The second kappa shape index (κ2) is 9.69. The first-order valence-corrected chi connectivity index (χ1v) is 10.1. The fraction of sp³-hybridized carbons (Fsp3) is 0.850. The van der Waals surface area contributed by atoms with Gasteiger partial charge in [-0.2, -0.15) is 0 Å². The quantitative estimate of drug-likeness (QED) is 0.481. The van der Waals surface area contributed by atoms with Gasteiger partial charge in [0.15, 0.2) is 0 Å². The fourth-order valence-corrected chi connectivity index (χ4v) is 4.64. The predicted molar refractivity (Wildman–Crippen MR) is 101 cm³/mol. The molecule has 3 N–H and O–H groups in total. The van der Waals surface area contributed by atoms with Gasteiger partial charge in [0.25, 0.3) is 0 Å². The first-order valence-electron chi connectivity index (χ1n) is 10.1. The van der Waals surface area contributed by atoms with Crippen molar-refractivity contribution in [2.24, 2.45) is 16.7 Å². The molecule has 0 bridgehead atoms. The van der Waals surface area contributed by atoms with Gasteiger partial charge in [-0.3, -0.25) is 14.4 Å². The summed E-state index contributed by atoms with van der Waals surface area (Å²) in [4.78, 5) is 36.7. The largest absolute Gasteiger partial charge is 0.481 e. The van der Waals surface area contributed by atoms with E-state index in [1.807, 2.05) is 0 Å². The zero-order valence-corrected chi connectivity index (χ0v) is 16.9. The summed E-state index contributed by atoms with van der Waals surface area (Å²) < 4.78 is 10.5. The Hall–Kier alpha value is -1.67. The summed E-state index contributed by atoms with van der Waals surface area (Å²) >= 11 is 0. The number of aliphatic carboxylic acids is 2. The van der Waals surface area contributed by atoms with Crippen molar-refractivity contribution in [1.29, 1.82) is 0 Å². The molecule has 0 aromatic heterocycles. The van der Waals surface area contributed by atoms with Crippen LogP contribution in [0.3, 0.4) is 0 Å². The maximum absolute atomic E-state index is 13.3. The van der Waals surface area contributed by atoms with Crippen molar-refractivity contribution in [3.05, 3.63) is 0 Å². The Balaban J connectivity index is 2.10. The molecule has 2 aliphatic carbocycles. The van der Waals surface area contributed by atoms with Gasteiger partial charge in [-0.1, -0.05) is 12.8 Å². The number of carbonyl (C=O) groups excluding carboxylic acids is 1. The highest BCUT2D eigenvalue weighted by atomic mass is 16.5. The first-order chi connectivity index (χ1) is 13.3. The van der Waals surface area contributed by atoms with Crippen LogP contribution >= 0.6 is 0 Å². The molecule has 8 heteroatoms. The van der Waals surface area contributed by atoms with Gasteiger partial charge in [0.2, 0.25) is 5.91 Å². The molecule has 0 aromatic carbocycles. The molecule has 2 rings (SSSR count). The molecule has 1 atom stereocenters. The van der Waals surface area contributed by atoms with Crippen molar-refractivity contribution in [2.45, 2.75) is 64.3 Å². The number of carboxylic acids is 2. The third-order valence-electron chi connectivity index (χ3n) is 6.65. The molecule has 0 spiro atoms. The molecule has 2 saturated carbocycles. The van der Waals surface area contributed by atoms with E-state index in [0.717, 1.165) is 12.8 Å². The molecule has 28 heavy (non-hydrogen) atoms. The van der Waals surface area contributed by atoms with Gasteiger partial charge < -0.3 is 25.0 Å². The molecule has 0 aromatic rings. The lowest BCUT2D eigenvalue weighted by molar-refractivity contribution is -0.171. The number of amides is 1. The van der Waals surface area contributed by atoms with Crippen LogP contribution in [0.25, 0.3) is 0 Å². The second-order valence-electron chi connectivity index (χ2n) is 8.33. The Labute approximate surface area is 166 Å². The van der Waals surface area contributed by atoms with Crippen molar-refractivity contribution in [2.75, 3.05) is 26.9 Å². The summed E-state index contributed by atoms with van der Waals surface area (Å²) in [6, 6.07) is -0.104. The number of rotatable bonds is 10. The number of methoxy groups -OCH3 is 1. The lowest BCUT2D eigenvalue weighted by Crippen LogP contribution is -2.57. The van der Waals surface area contributed by atoms with Crippen LogP contribution in [0, 0.1) is 16.7 Å². The number of hydrogen-bond acceptors (Lipinski definition) is 5. The normalized spacial score (nSPS) is 26.4. The molecule has 2 fully saturated rings. The smallest absolute Gasteiger partial charge is 0.312 e. The van der Waals surface area contributed by atoms with E-state index in [0.29, 0.717) is 45.1 Å². The third kappa shape index (κ3) is 4.66. The summed E-state index contributed by atoms with van der Waals surface area (Å²) in [5.41, 5.74) is -2.35. The Morgan fingerprint density at radius 1 is 1.07 bits per heavy atom. The zero-order chi connectivity index (χ0) is 20.8. The second-order valence-corrected chi connectivity index (χ2v) is 8.33. The van der Waals surface area contributed by atoms with Gasteiger partial charge in [-0.25, -0.2) is 0 Å². The molecular weight excluding hydrogens is 366 g/mol. The number of hydrogen-bond donors (Lipinski definition) is 3. The average molecular weight is 399 g/mol. The molecule has 0 heterocycles. The van der Waals surface area contributed by atoms with Crippen molar-refractivity contribution in [3.8, 4) is 0 Å². The molecule has 0 aliphatic heterocycles. The predicted octanol–water partition coefficient (Wildman–Crippen LogP) is 2.06. The number of carboxylic acid groups (broad SMARTS) is 2. The van der Waals surface area contributed by atoms with Crippen molar-refractivity contribution in [1.82, 2.24) is 5.32 Å². The van der Waals surface area contributed by atoms with E-state index >= 15 is 0 Å². The highest BCUT2D eigenvalue weighted by Crippen LogP contribution is 2.52. The highest BCUT2D eigenvalue weighted by Gasteiger charge is 2.59. The van der Waals surface area contributed by atoms with Gasteiger partial charge >= 0.3 is 11.9 Å². The van der Waals surface area contributed by atoms with Crippen LogP contribution in [0.4, 0.5) is 0 Å². The Morgan fingerprint density at radius 3 is 2.18 bits per heavy atom. The van der Waals surface area contributed by atoms with E-state index in [1.54, 1.807) is 14.0 Å². The van der Waals surface area contributed by atoms with Crippen LogP contribution in [-0.2, 0) is 23.9 Å². The minimum absolute atomic E-state index is 0.0507. The summed E-state index contributed by atoms with van der Waals surface area (Å²) in [5, 5.41) is 22.2. The Kier molecular flexibility index (Phi) is 7.83. The molecule has 1 amide bonds. The average Bonchev–Trinajstić information content (AvgIpc) is 3.17. The fourth-order valence-electron chi connectivity index (χ4n) is 4.64. The number of nitrogens with one attached hydrogen (secondary N) is 1. The Morgan fingerprint density at radius 2 is 1.68 bits per heavy atom. The number of ether oxygens (including phenoxy) is 2. The van der Waals surface area contributed by atoms with Crippen LogP contribution in [0.15, 0.2) is 0 Å².